The Morgan fingerprint density at radius 2 is 2.17 bits per heavy atom. The molecule has 0 aromatic carbocycles. The smallest absolute Gasteiger partial charge is 0.237 e. The first-order chi connectivity index (χ1) is 8.52. The molecule has 2 rings (SSSR count). The number of rotatable bonds is 4. The van der Waals surface area contributed by atoms with Crippen molar-refractivity contribution in [3.63, 3.8) is 0 Å². The minimum atomic E-state index is 0.0173. The Morgan fingerprint density at radius 3 is 2.78 bits per heavy atom. The van der Waals surface area contributed by atoms with Gasteiger partial charge in [0, 0.05) is 19.6 Å². The summed E-state index contributed by atoms with van der Waals surface area (Å²) in [6, 6.07) is 0.0173. The number of amides is 1. The van der Waals surface area contributed by atoms with Crippen LogP contribution in [0.3, 0.4) is 0 Å². The molecule has 2 unspecified atom stereocenters. The van der Waals surface area contributed by atoms with E-state index >= 15 is 0 Å². The topological polar surface area (TPSA) is 44.4 Å². The Balaban J connectivity index is 1.83. The summed E-state index contributed by atoms with van der Waals surface area (Å²) < 4.78 is 0. The summed E-state index contributed by atoms with van der Waals surface area (Å²) in [6.07, 6.45) is 2.51. The lowest BCUT2D eigenvalue weighted by Crippen LogP contribution is -2.45. The maximum absolute atomic E-state index is 12.1. The molecule has 1 spiro atoms. The molecular formula is C14H27N3O. The highest BCUT2D eigenvalue weighted by Crippen LogP contribution is 2.36. The zero-order valence-corrected chi connectivity index (χ0v) is 12.0. The molecule has 2 fully saturated rings. The van der Waals surface area contributed by atoms with Crippen molar-refractivity contribution in [2.45, 2.75) is 39.7 Å². The van der Waals surface area contributed by atoms with Crippen LogP contribution in [-0.4, -0.2) is 49.6 Å². The Kier molecular flexibility index (Phi) is 4.28. The summed E-state index contributed by atoms with van der Waals surface area (Å²) in [6.45, 7) is 11.5. The van der Waals surface area contributed by atoms with E-state index in [1.807, 2.05) is 6.92 Å². The molecule has 2 heterocycles. The zero-order chi connectivity index (χ0) is 13.2. The van der Waals surface area contributed by atoms with E-state index in [0.29, 0.717) is 11.3 Å². The summed E-state index contributed by atoms with van der Waals surface area (Å²) in [7, 11) is 0. The van der Waals surface area contributed by atoms with Gasteiger partial charge in [0.15, 0.2) is 0 Å². The van der Waals surface area contributed by atoms with E-state index in [4.69, 9.17) is 0 Å². The normalized spacial score (nSPS) is 30.2. The minimum absolute atomic E-state index is 0.0173. The molecule has 4 nitrogen and oxygen atoms in total. The number of carbonyl (C=O) groups excluding carboxylic acids is 1. The predicted octanol–water partition coefficient (Wildman–Crippen LogP) is 0.833. The van der Waals surface area contributed by atoms with Crippen LogP contribution in [0.25, 0.3) is 0 Å². The van der Waals surface area contributed by atoms with Gasteiger partial charge >= 0.3 is 0 Å². The van der Waals surface area contributed by atoms with E-state index < -0.39 is 0 Å². The van der Waals surface area contributed by atoms with E-state index in [9.17, 15) is 4.79 Å². The molecule has 0 saturated carbocycles. The van der Waals surface area contributed by atoms with Crippen LogP contribution < -0.4 is 10.6 Å². The van der Waals surface area contributed by atoms with Gasteiger partial charge in [-0.05, 0) is 44.2 Å². The molecule has 2 saturated heterocycles. The van der Waals surface area contributed by atoms with Gasteiger partial charge in [-0.15, -0.1) is 0 Å². The average Bonchev–Trinajstić information content (AvgIpc) is 2.96. The van der Waals surface area contributed by atoms with Crippen LogP contribution in [0.5, 0.6) is 0 Å². The molecule has 0 aliphatic carbocycles. The maximum Gasteiger partial charge on any atom is 0.237 e. The molecule has 0 bridgehead atoms. The quantitative estimate of drug-likeness (QED) is 0.780. The fourth-order valence-corrected chi connectivity index (χ4v) is 3.06. The first kappa shape index (κ1) is 13.8. The van der Waals surface area contributed by atoms with Crippen molar-refractivity contribution in [3.05, 3.63) is 0 Å². The van der Waals surface area contributed by atoms with E-state index in [-0.39, 0.29) is 11.9 Å². The molecule has 104 valence electrons. The molecule has 1 amide bonds. The molecule has 2 aliphatic heterocycles. The number of hydrogen-bond acceptors (Lipinski definition) is 3. The lowest BCUT2D eigenvalue weighted by atomic mass is 9.86. The number of nitrogens with one attached hydrogen (secondary N) is 2. The van der Waals surface area contributed by atoms with Crippen molar-refractivity contribution in [2.75, 3.05) is 32.7 Å². The summed E-state index contributed by atoms with van der Waals surface area (Å²) in [5.41, 5.74) is 0.451. The monoisotopic (exact) mass is 253 g/mol. The molecule has 0 aromatic heterocycles. The van der Waals surface area contributed by atoms with E-state index in [0.717, 1.165) is 32.7 Å². The second kappa shape index (κ2) is 5.57. The van der Waals surface area contributed by atoms with E-state index in [2.05, 4.69) is 29.4 Å². The third kappa shape index (κ3) is 3.04. The molecule has 0 aromatic rings. The molecule has 0 radical (unpaired) electrons. The fourth-order valence-electron chi connectivity index (χ4n) is 3.06. The van der Waals surface area contributed by atoms with Crippen LogP contribution >= 0.6 is 0 Å². The van der Waals surface area contributed by atoms with Gasteiger partial charge in [-0.2, -0.15) is 0 Å². The fraction of sp³-hybridized carbons (Fsp3) is 0.929. The molecular weight excluding hydrogens is 226 g/mol. The van der Waals surface area contributed by atoms with Gasteiger partial charge in [-0.3, -0.25) is 9.69 Å². The summed E-state index contributed by atoms with van der Waals surface area (Å²) in [5.74, 6) is 0.705. The van der Waals surface area contributed by atoms with Gasteiger partial charge < -0.3 is 10.6 Å². The molecule has 4 heteroatoms. The van der Waals surface area contributed by atoms with Crippen molar-refractivity contribution in [1.82, 2.24) is 15.5 Å². The van der Waals surface area contributed by atoms with Crippen molar-refractivity contribution >= 4 is 5.91 Å². The first-order valence-electron chi connectivity index (χ1n) is 7.25. The minimum Gasteiger partial charge on any atom is -0.354 e. The van der Waals surface area contributed by atoms with Crippen LogP contribution in [0.2, 0.25) is 0 Å². The van der Waals surface area contributed by atoms with Crippen LogP contribution in [0, 0.1) is 11.3 Å². The second-order valence-electron chi connectivity index (χ2n) is 6.46. The highest BCUT2D eigenvalue weighted by Gasteiger charge is 2.42. The first-order valence-corrected chi connectivity index (χ1v) is 7.25. The lowest BCUT2D eigenvalue weighted by molar-refractivity contribution is -0.125. The Labute approximate surface area is 110 Å². The molecule has 2 aliphatic rings. The van der Waals surface area contributed by atoms with Crippen molar-refractivity contribution in [3.8, 4) is 0 Å². The Bertz CT molecular complexity index is 297. The summed E-state index contributed by atoms with van der Waals surface area (Å²) in [5, 5.41) is 6.50. The van der Waals surface area contributed by atoms with Crippen molar-refractivity contribution in [1.29, 1.82) is 0 Å². The van der Waals surface area contributed by atoms with Crippen LogP contribution in [0.1, 0.15) is 33.6 Å². The van der Waals surface area contributed by atoms with Gasteiger partial charge in [0.25, 0.3) is 0 Å². The number of nitrogens with zero attached hydrogens (tertiary/aromatic N) is 1. The van der Waals surface area contributed by atoms with Crippen LogP contribution in [-0.2, 0) is 4.79 Å². The SMILES string of the molecule is CC(C)CNC(=O)C(C)N1CCC2(CCNC2)C1. The van der Waals surface area contributed by atoms with Crippen molar-refractivity contribution in [2.24, 2.45) is 11.3 Å². The summed E-state index contributed by atoms with van der Waals surface area (Å²) in [4.78, 5) is 14.4. The lowest BCUT2D eigenvalue weighted by Gasteiger charge is -2.27. The standard InChI is InChI=1S/C14H27N3O/c1-11(2)8-16-13(18)12(3)17-7-5-14(10-17)4-6-15-9-14/h11-12,15H,4-10H2,1-3H3,(H,16,18). The second-order valence-corrected chi connectivity index (χ2v) is 6.46. The van der Waals surface area contributed by atoms with Gasteiger partial charge in [0.1, 0.15) is 0 Å². The van der Waals surface area contributed by atoms with Crippen LogP contribution in [0.4, 0.5) is 0 Å². The van der Waals surface area contributed by atoms with E-state index in [1.54, 1.807) is 0 Å². The van der Waals surface area contributed by atoms with Gasteiger partial charge in [0.2, 0.25) is 5.91 Å². The number of likely N-dealkylation sites (tertiary alicyclic amines) is 1. The van der Waals surface area contributed by atoms with Gasteiger partial charge in [-0.25, -0.2) is 0 Å². The Hall–Kier alpha value is -0.610. The van der Waals surface area contributed by atoms with E-state index in [1.165, 1.54) is 12.8 Å². The largest absolute Gasteiger partial charge is 0.354 e. The molecule has 18 heavy (non-hydrogen) atoms. The third-order valence-electron chi connectivity index (χ3n) is 4.41. The highest BCUT2D eigenvalue weighted by atomic mass is 16.2. The number of hydrogen-bond donors (Lipinski definition) is 2. The zero-order valence-electron chi connectivity index (χ0n) is 12.0. The average molecular weight is 253 g/mol. The molecule has 2 atom stereocenters. The summed E-state index contributed by atoms with van der Waals surface area (Å²) >= 11 is 0. The third-order valence-corrected chi connectivity index (χ3v) is 4.41. The molecule has 2 N–H and O–H groups in total. The van der Waals surface area contributed by atoms with Crippen LogP contribution in [0.15, 0.2) is 0 Å². The maximum atomic E-state index is 12.1. The Morgan fingerprint density at radius 1 is 1.39 bits per heavy atom. The predicted molar refractivity (Wildman–Crippen MR) is 73.4 cm³/mol. The number of carbonyl (C=O) groups is 1. The van der Waals surface area contributed by atoms with Gasteiger partial charge in [0.05, 0.1) is 6.04 Å². The van der Waals surface area contributed by atoms with Crippen molar-refractivity contribution < 1.29 is 4.79 Å². The highest BCUT2D eigenvalue weighted by molar-refractivity contribution is 5.81. The van der Waals surface area contributed by atoms with Gasteiger partial charge in [-0.1, -0.05) is 13.8 Å².